The second kappa shape index (κ2) is 9.18. The van der Waals surface area contributed by atoms with E-state index in [0.29, 0.717) is 48.9 Å². The second-order valence-electron chi connectivity index (χ2n) is 7.62. The lowest BCUT2D eigenvalue weighted by Gasteiger charge is -2.36. The van der Waals surface area contributed by atoms with Crippen LogP contribution >= 0.6 is 0 Å². The largest absolute Gasteiger partial charge is 0.485 e. The number of fused-ring (bicyclic) bond motifs is 1. The van der Waals surface area contributed by atoms with Gasteiger partial charge in [-0.3, -0.25) is 19.3 Å². The molecule has 0 aliphatic carbocycles. The van der Waals surface area contributed by atoms with Gasteiger partial charge in [-0.25, -0.2) is 0 Å². The number of ketones is 1. The number of carbonyl (C=O) groups is 3. The van der Waals surface area contributed by atoms with Crippen molar-refractivity contribution in [3.8, 4) is 11.5 Å². The van der Waals surface area contributed by atoms with Crippen LogP contribution in [-0.4, -0.2) is 72.8 Å². The maximum Gasteiger partial charge on any atom is 0.267 e. The molecule has 0 aromatic heterocycles. The lowest BCUT2D eigenvalue weighted by molar-refractivity contribution is -0.143. The molecule has 1 fully saturated rings. The molecule has 162 valence electrons. The molecule has 0 bridgehead atoms. The Kier molecular flexibility index (Phi) is 6.18. The first kappa shape index (κ1) is 20.9. The zero-order valence-electron chi connectivity index (χ0n) is 17.4. The third kappa shape index (κ3) is 4.86. The molecule has 4 rings (SSSR count). The third-order valence-corrected chi connectivity index (χ3v) is 5.42. The molecule has 0 spiro atoms. The van der Waals surface area contributed by atoms with Crippen LogP contribution in [-0.2, 0) is 9.59 Å². The van der Waals surface area contributed by atoms with Gasteiger partial charge in [-0.15, -0.1) is 0 Å². The van der Waals surface area contributed by atoms with Gasteiger partial charge in [0.15, 0.2) is 17.3 Å². The van der Waals surface area contributed by atoms with Gasteiger partial charge < -0.3 is 19.7 Å². The summed E-state index contributed by atoms with van der Waals surface area (Å²) in [6, 6.07) is 14.3. The lowest BCUT2D eigenvalue weighted by Crippen LogP contribution is -2.54. The summed E-state index contributed by atoms with van der Waals surface area (Å²) in [6.45, 7) is 4.05. The molecule has 0 radical (unpaired) electrons. The van der Waals surface area contributed by atoms with E-state index in [1.165, 1.54) is 6.92 Å². The molecule has 31 heavy (non-hydrogen) atoms. The first-order valence-electron chi connectivity index (χ1n) is 10.3. The molecule has 0 unspecified atom stereocenters. The van der Waals surface area contributed by atoms with Gasteiger partial charge >= 0.3 is 0 Å². The molecule has 2 heterocycles. The van der Waals surface area contributed by atoms with Crippen molar-refractivity contribution in [3.05, 3.63) is 54.1 Å². The fraction of sp³-hybridized carbons (Fsp3) is 0.348. The molecule has 1 atom stereocenters. The average molecular weight is 423 g/mol. The van der Waals surface area contributed by atoms with Crippen molar-refractivity contribution in [2.75, 3.05) is 44.6 Å². The summed E-state index contributed by atoms with van der Waals surface area (Å²) in [5.41, 5.74) is 1.01. The molecule has 2 aliphatic rings. The van der Waals surface area contributed by atoms with E-state index in [1.54, 1.807) is 35.2 Å². The van der Waals surface area contributed by atoms with E-state index in [9.17, 15) is 14.4 Å². The van der Waals surface area contributed by atoms with Gasteiger partial charge in [0.05, 0.1) is 12.2 Å². The summed E-state index contributed by atoms with van der Waals surface area (Å²) < 4.78 is 11.5. The minimum absolute atomic E-state index is 0.0976. The summed E-state index contributed by atoms with van der Waals surface area (Å²) in [7, 11) is 0. The number of carbonyl (C=O) groups excluding carboxylic acids is 3. The normalized spacial score (nSPS) is 18.4. The fourth-order valence-corrected chi connectivity index (χ4v) is 3.76. The zero-order chi connectivity index (χ0) is 21.8. The molecule has 8 heteroatoms. The second-order valence-corrected chi connectivity index (χ2v) is 7.62. The first-order valence-corrected chi connectivity index (χ1v) is 10.3. The number of amides is 2. The first-order chi connectivity index (χ1) is 15.0. The van der Waals surface area contributed by atoms with Crippen molar-refractivity contribution in [2.45, 2.75) is 13.0 Å². The summed E-state index contributed by atoms with van der Waals surface area (Å²) in [4.78, 5) is 40.7. The van der Waals surface area contributed by atoms with Gasteiger partial charge in [-0.1, -0.05) is 24.3 Å². The van der Waals surface area contributed by atoms with Gasteiger partial charge in [-0.05, 0) is 31.2 Å². The van der Waals surface area contributed by atoms with Crippen LogP contribution < -0.4 is 14.8 Å². The number of benzene rings is 2. The van der Waals surface area contributed by atoms with Crippen molar-refractivity contribution in [1.82, 2.24) is 9.80 Å². The number of anilines is 1. The minimum atomic E-state index is -0.659. The molecule has 8 nitrogen and oxygen atoms in total. The number of nitrogens with one attached hydrogen (secondary N) is 1. The predicted octanol–water partition coefficient (Wildman–Crippen LogP) is 1.81. The molecule has 2 aromatic carbocycles. The van der Waals surface area contributed by atoms with Gasteiger partial charge in [0.25, 0.3) is 5.91 Å². The SMILES string of the molecule is CC(=O)c1ccccc1NC(=O)CN1CCN(C(=O)[C@H]2COc3ccccc3O2)CC1. The summed E-state index contributed by atoms with van der Waals surface area (Å²) in [5, 5.41) is 2.82. The Hall–Kier alpha value is -3.39. The Morgan fingerprint density at radius 3 is 2.39 bits per heavy atom. The number of Topliss-reactive ketones (excluding diaryl/α,β-unsaturated/α-hetero) is 1. The van der Waals surface area contributed by atoms with E-state index in [0.717, 1.165) is 0 Å². The van der Waals surface area contributed by atoms with Crippen LogP contribution in [0.4, 0.5) is 5.69 Å². The van der Waals surface area contributed by atoms with Crippen molar-refractivity contribution in [1.29, 1.82) is 0 Å². The van der Waals surface area contributed by atoms with E-state index >= 15 is 0 Å². The zero-order valence-corrected chi connectivity index (χ0v) is 17.4. The Balaban J connectivity index is 1.27. The van der Waals surface area contributed by atoms with Crippen LogP contribution in [0.2, 0.25) is 0 Å². The monoisotopic (exact) mass is 423 g/mol. The molecule has 2 aliphatic heterocycles. The average Bonchev–Trinajstić information content (AvgIpc) is 2.79. The van der Waals surface area contributed by atoms with Crippen LogP contribution in [0, 0.1) is 0 Å². The Morgan fingerprint density at radius 2 is 1.65 bits per heavy atom. The summed E-state index contributed by atoms with van der Waals surface area (Å²) in [6.07, 6.45) is -0.659. The minimum Gasteiger partial charge on any atom is -0.485 e. The van der Waals surface area contributed by atoms with Gasteiger partial charge in [-0.2, -0.15) is 0 Å². The molecule has 1 N–H and O–H groups in total. The van der Waals surface area contributed by atoms with E-state index in [-0.39, 0.29) is 30.7 Å². The van der Waals surface area contributed by atoms with Crippen molar-refractivity contribution >= 4 is 23.3 Å². The Labute approximate surface area is 180 Å². The Bertz CT molecular complexity index is 985. The third-order valence-electron chi connectivity index (χ3n) is 5.42. The van der Waals surface area contributed by atoms with Crippen molar-refractivity contribution in [3.63, 3.8) is 0 Å². The maximum absolute atomic E-state index is 12.8. The van der Waals surface area contributed by atoms with Gasteiger partial charge in [0.2, 0.25) is 12.0 Å². The highest BCUT2D eigenvalue weighted by Crippen LogP contribution is 2.31. The van der Waals surface area contributed by atoms with Crippen LogP contribution in [0.15, 0.2) is 48.5 Å². The van der Waals surface area contributed by atoms with Crippen LogP contribution in [0.25, 0.3) is 0 Å². The number of rotatable bonds is 5. The number of hydrogen-bond acceptors (Lipinski definition) is 6. The predicted molar refractivity (Wildman–Crippen MR) is 114 cm³/mol. The van der Waals surface area contributed by atoms with Crippen molar-refractivity contribution < 1.29 is 23.9 Å². The van der Waals surface area contributed by atoms with Crippen LogP contribution in [0.3, 0.4) is 0 Å². The topological polar surface area (TPSA) is 88.2 Å². The molecular weight excluding hydrogens is 398 g/mol. The number of para-hydroxylation sites is 3. The van der Waals surface area contributed by atoms with E-state index < -0.39 is 6.10 Å². The van der Waals surface area contributed by atoms with Crippen molar-refractivity contribution in [2.24, 2.45) is 0 Å². The molecule has 2 aromatic rings. The van der Waals surface area contributed by atoms with Crippen LogP contribution in [0.5, 0.6) is 11.5 Å². The fourth-order valence-electron chi connectivity index (χ4n) is 3.76. The van der Waals surface area contributed by atoms with E-state index in [1.807, 2.05) is 23.1 Å². The van der Waals surface area contributed by atoms with Gasteiger partial charge in [0.1, 0.15) is 6.61 Å². The highest BCUT2D eigenvalue weighted by molar-refractivity contribution is 6.04. The van der Waals surface area contributed by atoms with Gasteiger partial charge in [0, 0.05) is 31.7 Å². The maximum atomic E-state index is 12.8. The highest BCUT2D eigenvalue weighted by atomic mass is 16.6. The number of piperazine rings is 1. The summed E-state index contributed by atoms with van der Waals surface area (Å²) >= 11 is 0. The van der Waals surface area contributed by atoms with Crippen LogP contribution in [0.1, 0.15) is 17.3 Å². The summed E-state index contributed by atoms with van der Waals surface area (Å²) in [5.74, 6) is 0.838. The van der Waals surface area contributed by atoms with E-state index in [2.05, 4.69) is 5.32 Å². The quantitative estimate of drug-likeness (QED) is 0.738. The number of nitrogens with zero attached hydrogens (tertiary/aromatic N) is 2. The Morgan fingerprint density at radius 1 is 0.968 bits per heavy atom. The number of hydrogen-bond donors (Lipinski definition) is 1. The standard InChI is InChI=1S/C23H25N3O5/c1-16(27)17-6-2-3-7-18(17)24-22(28)14-25-10-12-26(13-11-25)23(29)21-15-30-19-8-4-5-9-20(19)31-21/h2-9,21H,10-15H2,1H3,(H,24,28)/t21-/m1/s1. The number of ether oxygens (including phenoxy) is 2. The lowest BCUT2D eigenvalue weighted by atomic mass is 10.1. The molecule has 0 saturated carbocycles. The van der Waals surface area contributed by atoms with E-state index in [4.69, 9.17) is 9.47 Å². The molecular formula is C23H25N3O5. The highest BCUT2D eigenvalue weighted by Gasteiger charge is 2.32. The smallest absolute Gasteiger partial charge is 0.267 e. The molecule has 1 saturated heterocycles. The molecule has 2 amide bonds.